The number of nitrogens with zero attached hydrogens (tertiary/aromatic N) is 4. The number of aromatic nitrogens is 4. The third-order valence-electron chi connectivity index (χ3n) is 6.13. The minimum Gasteiger partial charge on any atom is -0.382 e. The summed E-state index contributed by atoms with van der Waals surface area (Å²) in [6.45, 7) is 8.72. The largest absolute Gasteiger partial charge is 0.382 e. The van der Waals surface area contributed by atoms with Crippen LogP contribution in [0.25, 0.3) is 11.2 Å². The molecule has 0 aromatic carbocycles. The molecule has 178 valence electrons. The van der Waals surface area contributed by atoms with E-state index >= 15 is 0 Å². The Bertz CT molecular complexity index is 1020. The fourth-order valence-corrected chi connectivity index (χ4v) is 4.18. The van der Waals surface area contributed by atoms with Gasteiger partial charge in [-0.1, -0.05) is 13.3 Å². The van der Waals surface area contributed by atoms with Gasteiger partial charge in [0.1, 0.15) is 5.82 Å². The zero-order chi connectivity index (χ0) is 23.1. The average Bonchev–Trinajstić information content (AvgIpc) is 3.10. The summed E-state index contributed by atoms with van der Waals surface area (Å²) >= 11 is 0. The van der Waals surface area contributed by atoms with Crippen molar-refractivity contribution in [2.24, 2.45) is 13.0 Å². The van der Waals surface area contributed by atoms with Gasteiger partial charge < -0.3 is 14.6 Å². The first-order chi connectivity index (χ1) is 15.5. The van der Waals surface area contributed by atoms with Crippen molar-refractivity contribution in [3.8, 4) is 0 Å². The van der Waals surface area contributed by atoms with Crippen LogP contribution in [0.4, 0.5) is 0 Å². The summed E-state index contributed by atoms with van der Waals surface area (Å²) in [5.41, 5.74) is 0.0652. The van der Waals surface area contributed by atoms with E-state index in [1.165, 1.54) is 0 Å². The molecule has 0 unspecified atom stereocenters. The third kappa shape index (κ3) is 5.66. The van der Waals surface area contributed by atoms with Crippen LogP contribution in [0.3, 0.4) is 0 Å². The van der Waals surface area contributed by atoms with Crippen molar-refractivity contribution < 1.29 is 9.53 Å². The predicted octanol–water partition coefficient (Wildman–Crippen LogP) is 0.978. The first-order valence-corrected chi connectivity index (χ1v) is 11.7. The molecule has 0 saturated carbocycles. The Morgan fingerprint density at radius 1 is 1.22 bits per heavy atom. The van der Waals surface area contributed by atoms with Gasteiger partial charge >= 0.3 is 5.69 Å². The van der Waals surface area contributed by atoms with E-state index in [1.807, 2.05) is 14.0 Å². The molecule has 0 spiro atoms. The number of rotatable bonds is 11. The van der Waals surface area contributed by atoms with Gasteiger partial charge in [0.25, 0.3) is 5.56 Å². The molecule has 10 nitrogen and oxygen atoms in total. The van der Waals surface area contributed by atoms with Crippen LogP contribution in [-0.4, -0.2) is 62.8 Å². The van der Waals surface area contributed by atoms with Gasteiger partial charge in [-0.3, -0.25) is 24.0 Å². The fourth-order valence-electron chi connectivity index (χ4n) is 4.18. The number of nitrogens with one attached hydrogen (secondary N) is 2. The van der Waals surface area contributed by atoms with Gasteiger partial charge in [0.15, 0.2) is 11.2 Å². The highest BCUT2D eigenvalue weighted by Gasteiger charge is 2.26. The molecule has 0 bridgehead atoms. The molecule has 32 heavy (non-hydrogen) atoms. The normalized spacial score (nSPS) is 15.5. The van der Waals surface area contributed by atoms with Crippen molar-refractivity contribution in [2.45, 2.75) is 59.0 Å². The van der Waals surface area contributed by atoms with Gasteiger partial charge in [0.2, 0.25) is 5.91 Å². The lowest BCUT2D eigenvalue weighted by Crippen LogP contribution is -2.40. The Balaban J connectivity index is 1.61. The monoisotopic (exact) mass is 448 g/mol. The van der Waals surface area contributed by atoms with E-state index in [4.69, 9.17) is 4.74 Å². The van der Waals surface area contributed by atoms with Crippen LogP contribution < -0.4 is 16.6 Å². The van der Waals surface area contributed by atoms with Gasteiger partial charge in [0.05, 0.1) is 6.54 Å². The molecular formula is C22H36N6O4. The number of imidazole rings is 1. The third-order valence-corrected chi connectivity index (χ3v) is 6.13. The maximum Gasteiger partial charge on any atom is 0.330 e. The van der Waals surface area contributed by atoms with Crippen LogP contribution >= 0.6 is 0 Å². The molecule has 1 amide bonds. The van der Waals surface area contributed by atoms with E-state index < -0.39 is 11.2 Å². The summed E-state index contributed by atoms with van der Waals surface area (Å²) in [5, 5.41) is 3.01. The predicted molar refractivity (Wildman–Crippen MR) is 123 cm³/mol. The molecule has 1 saturated heterocycles. The molecule has 1 aliphatic rings. The molecule has 2 N–H and O–H groups in total. The second kappa shape index (κ2) is 11.4. The summed E-state index contributed by atoms with van der Waals surface area (Å²) in [4.78, 5) is 46.5. The van der Waals surface area contributed by atoms with Crippen molar-refractivity contribution in [1.82, 2.24) is 29.3 Å². The second-order valence-electron chi connectivity index (χ2n) is 8.42. The average molecular weight is 449 g/mol. The van der Waals surface area contributed by atoms with Crippen molar-refractivity contribution in [2.75, 3.05) is 32.8 Å². The molecule has 2 aromatic rings. The van der Waals surface area contributed by atoms with Crippen LogP contribution in [0.5, 0.6) is 0 Å². The minimum atomic E-state index is -0.409. The maximum absolute atomic E-state index is 12.4. The van der Waals surface area contributed by atoms with E-state index in [1.54, 1.807) is 9.13 Å². The number of fused-ring (bicyclic) bond motifs is 1. The lowest BCUT2D eigenvalue weighted by molar-refractivity contribution is -0.126. The molecule has 3 heterocycles. The van der Waals surface area contributed by atoms with Crippen LogP contribution in [0.1, 0.15) is 51.8 Å². The maximum atomic E-state index is 12.4. The first kappa shape index (κ1) is 24.2. The van der Waals surface area contributed by atoms with Crippen molar-refractivity contribution in [1.29, 1.82) is 0 Å². The first-order valence-electron chi connectivity index (χ1n) is 11.7. The van der Waals surface area contributed by atoms with E-state index in [-0.39, 0.29) is 11.8 Å². The number of aryl methyl sites for hydroxylation is 2. The highest BCUT2D eigenvalue weighted by Crippen LogP contribution is 2.20. The molecule has 0 atom stereocenters. The van der Waals surface area contributed by atoms with Crippen molar-refractivity contribution in [3.63, 3.8) is 0 Å². The van der Waals surface area contributed by atoms with Crippen LogP contribution in [0, 0.1) is 5.92 Å². The number of ether oxygens (including phenoxy) is 1. The SMILES string of the molecule is CCCCn1c(=O)[nH]c(=O)c2c1nc(CN1CCC(C(=O)NCCCOCC)CC1)n2C. The molecule has 10 heteroatoms. The standard InChI is InChI=1S/C22H36N6O4/c1-4-6-11-28-19-18(21(30)25-22(28)31)26(3)17(24-19)15-27-12-8-16(9-13-27)20(29)23-10-7-14-32-5-2/h16H,4-15H2,1-3H3,(H,23,29)(H,25,30,31). The Labute approximate surface area is 188 Å². The molecule has 1 fully saturated rings. The summed E-state index contributed by atoms with van der Waals surface area (Å²) in [5.74, 6) is 0.899. The number of likely N-dealkylation sites (tertiary alicyclic amines) is 1. The highest BCUT2D eigenvalue weighted by molar-refractivity contribution is 5.78. The Kier molecular flexibility index (Phi) is 8.63. The fraction of sp³-hybridized carbons (Fsp3) is 0.727. The number of carbonyl (C=O) groups is 1. The quantitative estimate of drug-likeness (QED) is 0.495. The number of piperidine rings is 1. The van der Waals surface area contributed by atoms with Crippen molar-refractivity contribution >= 4 is 17.1 Å². The molecule has 3 rings (SSSR count). The van der Waals surface area contributed by atoms with Gasteiger partial charge in [-0.05, 0) is 45.7 Å². The van der Waals surface area contributed by atoms with E-state index in [9.17, 15) is 14.4 Å². The Hall–Kier alpha value is -2.46. The van der Waals surface area contributed by atoms with Gasteiger partial charge in [-0.2, -0.15) is 0 Å². The summed E-state index contributed by atoms with van der Waals surface area (Å²) in [6, 6.07) is 0. The molecule has 0 radical (unpaired) electrons. The van der Waals surface area contributed by atoms with Crippen LogP contribution in [0.15, 0.2) is 9.59 Å². The van der Waals surface area contributed by atoms with Crippen molar-refractivity contribution in [3.05, 3.63) is 26.7 Å². The highest BCUT2D eigenvalue weighted by atomic mass is 16.5. The lowest BCUT2D eigenvalue weighted by Gasteiger charge is -2.30. The Morgan fingerprint density at radius 3 is 2.66 bits per heavy atom. The van der Waals surface area contributed by atoms with Gasteiger partial charge in [0, 0.05) is 39.3 Å². The van der Waals surface area contributed by atoms with Gasteiger partial charge in [-0.15, -0.1) is 0 Å². The summed E-state index contributed by atoms with van der Waals surface area (Å²) in [7, 11) is 1.82. The smallest absolute Gasteiger partial charge is 0.330 e. The second-order valence-corrected chi connectivity index (χ2v) is 8.42. The number of aromatic amines is 1. The zero-order valence-corrected chi connectivity index (χ0v) is 19.5. The number of carbonyl (C=O) groups excluding carboxylic acids is 1. The molecule has 2 aromatic heterocycles. The zero-order valence-electron chi connectivity index (χ0n) is 19.5. The molecule has 0 aliphatic carbocycles. The van der Waals surface area contributed by atoms with E-state index in [2.05, 4.69) is 27.1 Å². The summed E-state index contributed by atoms with van der Waals surface area (Å²) in [6.07, 6.45) is 4.20. The topological polar surface area (TPSA) is 114 Å². The molecule has 1 aliphatic heterocycles. The lowest BCUT2D eigenvalue weighted by atomic mass is 9.96. The number of unbranched alkanes of at least 4 members (excludes halogenated alkanes) is 1. The number of hydrogen-bond acceptors (Lipinski definition) is 6. The number of H-pyrrole nitrogens is 1. The number of amides is 1. The number of hydrogen-bond donors (Lipinski definition) is 2. The van der Waals surface area contributed by atoms with Crippen LogP contribution in [-0.2, 0) is 29.7 Å². The van der Waals surface area contributed by atoms with E-state index in [0.29, 0.717) is 44.0 Å². The minimum absolute atomic E-state index is 0.0286. The molecular weight excluding hydrogens is 412 g/mol. The van der Waals surface area contributed by atoms with Crippen LogP contribution in [0.2, 0.25) is 0 Å². The Morgan fingerprint density at radius 2 is 1.97 bits per heavy atom. The van der Waals surface area contributed by atoms with E-state index in [0.717, 1.165) is 51.0 Å². The summed E-state index contributed by atoms with van der Waals surface area (Å²) < 4.78 is 8.64. The van der Waals surface area contributed by atoms with Gasteiger partial charge in [-0.25, -0.2) is 9.78 Å².